The molecule has 1 aromatic rings. The maximum absolute atomic E-state index is 13.5. The van der Waals surface area contributed by atoms with Gasteiger partial charge in [-0.3, -0.25) is 4.90 Å². The first-order valence-corrected chi connectivity index (χ1v) is 5.89. The van der Waals surface area contributed by atoms with E-state index in [4.69, 9.17) is 0 Å². The Hall–Kier alpha value is -0.930. The smallest absolute Gasteiger partial charge is 0.126 e. The highest BCUT2D eigenvalue weighted by atomic mass is 19.1. The van der Waals surface area contributed by atoms with Crippen LogP contribution in [0.1, 0.15) is 24.1 Å². The maximum atomic E-state index is 13.5. The molecule has 0 radical (unpaired) electrons. The Balaban J connectivity index is 2.12. The highest BCUT2D eigenvalue weighted by molar-refractivity contribution is 5.25. The van der Waals surface area contributed by atoms with Gasteiger partial charge in [0.25, 0.3) is 0 Å². The molecule has 0 spiro atoms. The molecule has 2 rings (SSSR count). The number of rotatable bonds is 2. The van der Waals surface area contributed by atoms with Crippen molar-refractivity contribution in [1.82, 2.24) is 10.2 Å². The first-order chi connectivity index (χ1) is 7.68. The van der Waals surface area contributed by atoms with Crippen molar-refractivity contribution in [2.24, 2.45) is 0 Å². The summed E-state index contributed by atoms with van der Waals surface area (Å²) < 4.78 is 13.5. The van der Waals surface area contributed by atoms with Gasteiger partial charge in [0.15, 0.2) is 0 Å². The van der Waals surface area contributed by atoms with Gasteiger partial charge < -0.3 is 5.32 Å². The van der Waals surface area contributed by atoms with Gasteiger partial charge in [-0.2, -0.15) is 0 Å². The molecule has 2 nitrogen and oxygen atoms in total. The lowest BCUT2D eigenvalue weighted by Gasteiger charge is -2.33. The van der Waals surface area contributed by atoms with E-state index in [1.165, 1.54) is 0 Å². The van der Waals surface area contributed by atoms with Crippen LogP contribution in [0.3, 0.4) is 0 Å². The first kappa shape index (κ1) is 11.6. The van der Waals surface area contributed by atoms with E-state index in [9.17, 15) is 4.39 Å². The zero-order valence-electron chi connectivity index (χ0n) is 9.96. The van der Waals surface area contributed by atoms with Crippen LogP contribution in [0.25, 0.3) is 0 Å². The van der Waals surface area contributed by atoms with Gasteiger partial charge in [0.2, 0.25) is 0 Å². The predicted octanol–water partition coefficient (Wildman–Crippen LogP) is 2.10. The molecule has 16 heavy (non-hydrogen) atoms. The number of halogens is 1. The standard InChI is InChI=1S/C13H19FN2/c1-10-3-4-12(9-13(10)14)11(2)16-7-5-15-6-8-16/h3-4,9,11,15H,5-8H2,1-2H3. The van der Waals surface area contributed by atoms with E-state index in [1.807, 2.05) is 12.1 Å². The topological polar surface area (TPSA) is 15.3 Å². The molecule has 1 N–H and O–H groups in total. The Bertz CT molecular complexity index is 359. The van der Waals surface area contributed by atoms with Crippen LogP contribution >= 0.6 is 0 Å². The maximum Gasteiger partial charge on any atom is 0.126 e. The monoisotopic (exact) mass is 222 g/mol. The summed E-state index contributed by atoms with van der Waals surface area (Å²) in [6.45, 7) is 8.08. The van der Waals surface area contributed by atoms with Crippen molar-refractivity contribution in [2.75, 3.05) is 26.2 Å². The number of aryl methyl sites for hydroxylation is 1. The first-order valence-electron chi connectivity index (χ1n) is 5.89. The summed E-state index contributed by atoms with van der Waals surface area (Å²) in [5.41, 5.74) is 1.79. The number of hydrogen-bond acceptors (Lipinski definition) is 2. The number of piperazine rings is 1. The normalized spacial score (nSPS) is 19.7. The van der Waals surface area contributed by atoms with Crippen LogP contribution < -0.4 is 5.32 Å². The summed E-state index contributed by atoms with van der Waals surface area (Å²) in [5, 5.41) is 3.33. The van der Waals surface area contributed by atoms with Crippen LogP contribution in [-0.4, -0.2) is 31.1 Å². The number of nitrogens with zero attached hydrogens (tertiary/aromatic N) is 1. The molecular formula is C13H19FN2. The van der Waals surface area contributed by atoms with E-state index >= 15 is 0 Å². The zero-order valence-corrected chi connectivity index (χ0v) is 9.96. The van der Waals surface area contributed by atoms with Crippen molar-refractivity contribution in [1.29, 1.82) is 0 Å². The third kappa shape index (κ3) is 2.42. The van der Waals surface area contributed by atoms with Crippen molar-refractivity contribution >= 4 is 0 Å². The number of hydrogen-bond donors (Lipinski definition) is 1. The summed E-state index contributed by atoms with van der Waals surface area (Å²) in [4.78, 5) is 2.39. The fourth-order valence-corrected chi connectivity index (χ4v) is 2.15. The lowest BCUT2D eigenvalue weighted by Crippen LogP contribution is -2.44. The molecule has 0 aliphatic carbocycles. The fourth-order valence-electron chi connectivity index (χ4n) is 2.15. The van der Waals surface area contributed by atoms with Gasteiger partial charge >= 0.3 is 0 Å². The molecule has 1 fully saturated rings. The van der Waals surface area contributed by atoms with Gasteiger partial charge in [-0.1, -0.05) is 12.1 Å². The Morgan fingerprint density at radius 1 is 1.31 bits per heavy atom. The highest BCUT2D eigenvalue weighted by Crippen LogP contribution is 2.22. The minimum absolute atomic E-state index is 0.0977. The van der Waals surface area contributed by atoms with E-state index in [2.05, 4.69) is 17.1 Å². The molecule has 0 amide bonds. The summed E-state index contributed by atoms with van der Waals surface area (Å²) >= 11 is 0. The highest BCUT2D eigenvalue weighted by Gasteiger charge is 2.18. The molecule has 1 aliphatic heterocycles. The molecule has 3 heteroatoms. The average Bonchev–Trinajstić information content (AvgIpc) is 2.33. The quantitative estimate of drug-likeness (QED) is 0.824. The summed E-state index contributed by atoms with van der Waals surface area (Å²) in [7, 11) is 0. The second-order valence-electron chi connectivity index (χ2n) is 4.47. The summed E-state index contributed by atoms with van der Waals surface area (Å²) in [5.74, 6) is -0.0977. The fraction of sp³-hybridized carbons (Fsp3) is 0.538. The van der Waals surface area contributed by atoms with Gasteiger partial charge in [-0.25, -0.2) is 4.39 Å². The largest absolute Gasteiger partial charge is 0.314 e. The Morgan fingerprint density at radius 2 is 2.00 bits per heavy atom. The van der Waals surface area contributed by atoms with E-state index in [0.717, 1.165) is 37.3 Å². The van der Waals surface area contributed by atoms with E-state index in [0.29, 0.717) is 6.04 Å². The lowest BCUT2D eigenvalue weighted by molar-refractivity contribution is 0.185. The van der Waals surface area contributed by atoms with Gasteiger partial charge in [-0.05, 0) is 31.0 Å². The molecule has 0 aromatic heterocycles. The molecule has 1 aliphatic rings. The van der Waals surface area contributed by atoms with Crippen LogP contribution in [0.5, 0.6) is 0 Å². The van der Waals surface area contributed by atoms with Crippen LogP contribution in [-0.2, 0) is 0 Å². The Morgan fingerprint density at radius 3 is 2.62 bits per heavy atom. The molecule has 1 unspecified atom stereocenters. The molecule has 1 saturated heterocycles. The van der Waals surface area contributed by atoms with Crippen molar-refractivity contribution < 1.29 is 4.39 Å². The van der Waals surface area contributed by atoms with Gasteiger partial charge in [0.05, 0.1) is 0 Å². The molecule has 1 aromatic carbocycles. The Kier molecular flexibility index (Phi) is 3.56. The molecule has 1 heterocycles. The molecular weight excluding hydrogens is 203 g/mol. The SMILES string of the molecule is Cc1ccc(C(C)N2CCNCC2)cc1F. The summed E-state index contributed by atoms with van der Waals surface area (Å²) in [6.07, 6.45) is 0. The van der Waals surface area contributed by atoms with Crippen LogP contribution in [0.4, 0.5) is 4.39 Å². The van der Waals surface area contributed by atoms with Crippen molar-refractivity contribution in [3.8, 4) is 0 Å². The van der Waals surface area contributed by atoms with Crippen LogP contribution in [0.15, 0.2) is 18.2 Å². The van der Waals surface area contributed by atoms with Gasteiger partial charge in [-0.15, -0.1) is 0 Å². The molecule has 0 bridgehead atoms. The minimum Gasteiger partial charge on any atom is -0.314 e. The zero-order chi connectivity index (χ0) is 11.5. The van der Waals surface area contributed by atoms with Crippen molar-refractivity contribution in [3.63, 3.8) is 0 Å². The summed E-state index contributed by atoms with van der Waals surface area (Å²) in [6, 6.07) is 5.87. The number of nitrogens with one attached hydrogen (secondary N) is 1. The van der Waals surface area contributed by atoms with Gasteiger partial charge in [0, 0.05) is 32.2 Å². The van der Waals surface area contributed by atoms with Gasteiger partial charge in [0.1, 0.15) is 5.82 Å². The van der Waals surface area contributed by atoms with Crippen LogP contribution in [0.2, 0.25) is 0 Å². The second-order valence-corrected chi connectivity index (χ2v) is 4.47. The van der Waals surface area contributed by atoms with Crippen molar-refractivity contribution in [2.45, 2.75) is 19.9 Å². The number of benzene rings is 1. The lowest BCUT2D eigenvalue weighted by atomic mass is 10.0. The minimum atomic E-state index is -0.0977. The molecule has 1 atom stereocenters. The molecule has 0 saturated carbocycles. The van der Waals surface area contributed by atoms with Crippen molar-refractivity contribution in [3.05, 3.63) is 35.1 Å². The average molecular weight is 222 g/mol. The van der Waals surface area contributed by atoms with E-state index in [1.54, 1.807) is 13.0 Å². The second kappa shape index (κ2) is 4.93. The van der Waals surface area contributed by atoms with E-state index in [-0.39, 0.29) is 5.82 Å². The third-order valence-corrected chi connectivity index (χ3v) is 3.38. The van der Waals surface area contributed by atoms with E-state index < -0.39 is 0 Å². The van der Waals surface area contributed by atoms with Crippen LogP contribution in [0, 0.1) is 12.7 Å². The molecule has 88 valence electrons. The third-order valence-electron chi connectivity index (χ3n) is 3.38. The Labute approximate surface area is 96.5 Å². The predicted molar refractivity (Wildman–Crippen MR) is 64.0 cm³/mol.